The third kappa shape index (κ3) is 8.76. The molecule has 0 amide bonds. The number of nitrogen functional groups attached to an aromatic ring is 1. The van der Waals surface area contributed by atoms with Crippen molar-refractivity contribution in [2.75, 3.05) is 44.1 Å². The second-order valence-corrected chi connectivity index (χ2v) is 9.95. The van der Waals surface area contributed by atoms with E-state index in [1.165, 1.54) is 15.8 Å². The molecule has 46 heavy (non-hydrogen) atoms. The maximum absolute atomic E-state index is 6.12. The minimum absolute atomic E-state index is 0.209. The smallest absolute Gasteiger partial charge is 0.265 e. The Morgan fingerprint density at radius 3 is 1.48 bits per heavy atom. The molecule has 12 heteroatoms. The first kappa shape index (κ1) is 31.4. The summed E-state index contributed by atoms with van der Waals surface area (Å²) < 4.78 is 24.1. The quantitative estimate of drug-likeness (QED) is 0.0776. The van der Waals surface area contributed by atoms with Gasteiger partial charge in [0, 0.05) is 12.8 Å². The van der Waals surface area contributed by atoms with Gasteiger partial charge in [-0.15, -0.1) is 10.2 Å². The molecule has 0 spiro atoms. The van der Waals surface area contributed by atoms with Crippen molar-refractivity contribution in [3.05, 3.63) is 119 Å². The fourth-order valence-electron chi connectivity index (χ4n) is 4.39. The standard InChI is InChI=1S/C34H36N8O4/c1-43-31-21-27(13-15-29(31)45-19-17-25-9-5-3-6-10-25)23-36-38-33-40-41-34(42(33)35)39-37-24-28-14-16-30(32(22-28)44-2)46-20-18-26-11-7-4-8-12-26/h3-16,21-24H,17-20,35H2,1-2H3,(H,38,40)(H,39,41). The second kappa shape index (κ2) is 16.1. The van der Waals surface area contributed by atoms with E-state index in [-0.39, 0.29) is 11.9 Å². The van der Waals surface area contributed by atoms with E-state index in [4.69, 9.17) is 24.8 Å². The largest absolute Gasteiger partial charge is 0.493 e. The lowest BCUT2D eigenvalue weighted by Gasteiger charge is -2.11. The number of nitrogens with one attached hydrogen (secondary N) is 2. The predicted octanol–water partition coefficient (Wildman–Crippen LogP) is 5.14. The van der Waals surface area contributed by atoms with Crippen molar-refractivity contribution < 1.29 is 18.9 Å². The molecule has 0 fully saturated rings. The number of rotatable bonds is 16. The number of hydrazone groups is 2. The molecule has 5 rings (SSSR count). The molecule has 0 aliphatic heterocycles. The Balaban J connectivity index is 1.11. The topological polar surface area (TPSA) is 142 Å². The van der Waals surface area contributed by atoms with E-state index in [0.29, 0.717) is 36.2 Å². The van der Waals surface area contributed by atoms with Crippen LogP contribution < -0.4 is 35.6 Å². The third-order valence-corrected chi connectivity index (χ3v) is 6.81. The zero-order valence-corrected chi connectivity index (χ0v) is 25.7. The molecule has 0 saturated carbocycles. The Morgan fingerprint density at radius 2 is 1.07 bits per heavy atom. The highest BCUT2D eigenvalue weighted by Gasteiger charge is 2.09. The number of benzene rings is 4. The van der Waals surface area contributed by atoms with Gasteiger partial charge in [0.15, 0.2) is 23.0 Å². The van der Waals surface area contributed by atoms with Crippen molar-refractivity contribution in [3.63, 3.8) is 0 Å². The first-order valence-electron chi connectivity index (χ1n) is 14.6. The van der Waals surface area contributed by atoms with Gasteiger partial charge in [-0.25, -0.2) is 10.9 Å². The van der Waals surface area contributed by atoms with Gasteiger partial charge in [-0.3, -0.25) is 0 Å². The van der Waals surface area contributed by atoms with Crippen LogP contribution in [0.4, 0.5) is 11.9 Å². The number of ether oxygens (including phenoxy) is 4. The number of hydrogen-bond acceptors (Lipinski definition) is 11. The van der Waals surface area contributed by atoms with Crippen molar-refractivity contribution in [1.29, 1.82) is 0 Å². The number of hydrogen-bond donors (Lipinski definition) is 3. The van der Waals surface area contributed by atoms with Crippen LogP contribution in [0.5, 0.6) is 23.0 Å². The first-order chi connectivity index (χ1) is 22.6. The molecule has 236 valence electrons. The highest BCUT2D eigenvalue weighted by molar-refractivity contribution is 5.82. The number of methoxy groups -OCH3 is 2. The SMILES string of the molecule is COc1cc(C=NNc2nnc(NN=Cc3ccc(OCCc4ccccc4)c(OC)c3)n2N)ccc1OCCc1ccccc1. The number of anilines is 2. The molecule has 0 saturated heterocycles. The monoisotopic (exact) mass is 620 g/mol. The third-order valence-electron chi connectivity index (χ3n) is 6.81. The van der Waals surface area contributed by atoms with E-state index in [1.54, 1.807) is 26.6 Å². The van der Waals surface area contributed by atoms with Crippen molar-refractivity contribution in [2.24, 2.45) is 10.2 Å². The van der Waals surface area contributed by atoms with Crippen LogP contribution in [0, 0.1) is 0 Å². The fourth-order valence-corrected chi connectivity index (χ4v) is 4.39. The number of aromatic nitrogens is 3. The lowest BCUT2D eigenvalue weighted by Crippen LogP contribution is -2.14. The Labute approximate surface area is 267 Å². The van der Waals surface area contributed by atoms with Gasteiger partial charge in [0.1, 0.15) is 0 Å². The van der Waals surface area contributed by atoms with Crippen LogP contribution >= 0.6 is 0 Å². The Bertz CT molecular complexity index is 1620. The Morgan fingerprint density at radius 1 is 0.630 bits per heavy atom. The molecule has 4 aromatic carbocycles. The Kier molecular flexibility index (Phi) is 11.0. The van der Waals surface area contributed by atoms with Crippen LogP contribution in [-0.4, -0.2) is 54.7 Å². The predicted molar refractivity (Wildman–Crippen MR) is 180 cm³/mol. The van der Waals surface area contributed by atoms with E-state index in [9.17, 15) is 0 Å². The summed E-state index contributed by atoms with van der Waals surface area (Å²) in [6.45, 7) is 1.07. The molecule has 0 radical (unpaired) electrons. The first-order valence-corrected chi connectivity index (χ1v) is 14.6. The molecule has 5 aromatic rings. The van der Waals surface area contributed by atoms with Crippen LogP contribution in [0.1, 0.15) is 22.3 Å². The molecule has 4 N–H and O–H groups in total. The normalized spacial score (nSPS) is 11.1. The lowest BCUT2D eigenvalue weighted by molar-refractivity contribution is 0.297. The second-order valence-electron chi connectivity index (χ2n) is 9.95. The van der Waals surface area contributed by atoms with Gasteiger partial charge in [0.25, 0.3) is 11.9 Å². The summed E-state index contributed by atoms with van der Waals surface area (Å²) in [7, 11) is 3.20. The van der Waals surface area contributed by atoms with E-state index in [1.807, 2.05) is 72.8 Å². The molecule has 0 atom stereocenters. The molecule has 0 aliphatic carbocycles. The highest BCUT2D eigenvalue weighted by atomic mass is 16.5. The van der Waals surface area contributed by atoms with Gasteiger partial charge >= 0.3 is 0 Å². The van der Waals surface area contributed by atoms with Crippen LogP contribution in [0.2, 0.25) is 0 Å². The minimum Gasteiger partial charge on any atom is -0.493 e. The minimum atomic E-state index is 0.209. The Hall–Kier alpha value is -6.04. The van der Waals surface area contributed by atoms with Gasteiger partial charge in [0.05, 0.1) is 39.9 Å². The van der Waals surface area contributed by atoms with Crippen molar-refractivity contribution >= 4 is 24.3 Å². The van der Waals surface area contributed by atoms with Crippen molar-refractivity contribution in [3.8, 4) is 23.0 Å². The average molecular weight is 621 g/mol. The number of nitrogens with zero attached hydrogens (tertiary/aromatic N) is 5. The summed E-state index contributed by atoms with van der Waals surface area (Å²) in [6, 6.07) is 31.4. The van der Waals surface area contributed by atoms with E-state index < -0.39 is 0 Å². The zero-order chi connectivity index (χ0) is 32.0. The highest BCUT2D eigenvalue weighted by Crippen LogP contribution is 2.29. The molecule has 0 unspecified atom stereocenters. The number of nitrogens with two attached hydrogens (primary N) is 1. The molecular formula is C34H36N8O4. The molecule has 1 heterocycles. The van der Waals surface area contributed by atoms with Gasteiger partial charge in [-0.2, -0.15) is 14.9 Å². The zero-order valence-electron chi connectivity index (χ0n) is 25.7. The summed E-state index contributed by atoms with van der Waals surface area (Å²) in [4.78, 5) is 0. The van der Waals surface area contributed by atoms with Crippen molar-refractivity contribution in [2.45, 2.75) is 12.8 Å². The van der Waals surface area contributed by atoms with Gasteiger partial charge in [-0.1, -0.05) is 60.7 Å². The molecule has 0 aliphatic rings. The summed E-state index contributed by atoms with van der Waals surface area (Å²) in [5.74, 6) is 9.05. The molecule has 0 bridgehead atoms. The van der Waals surface area contributed by atoms with Crippen LogP contribution in [0.3, 0.4) is 0 Å². The van der Waals surface area contributed by atoms with Crippen molar-refractivity contribution in [1.82, 2.24) is 14.9 Å². The molecule has 1 aromatic heterocycles. The molecular weight excluding hydrogens is 584 g/mol. The lowest BCUT2D eigenvalue weighted by atomic mass is 10.2. The maximum Gasteiger partial charge on any atom is 0.265 e. The summed E-state index contributed by atoms with van der Waals surface area (Å²) in [5, 5.41) is 16.5. The summed E-state index contributed by atoms with van der Waals surface area (Å²) >= 11 is 0. The van der Waals surface area contributed by atoms with Crippen LogP contribution in [-0.2, 0) is 12.8 Å². The average Bonchev–Trinajstić information content (AvgIpc) is 3.44. The summed E-state index contributed by atoms with van der Waals surface area (Å²) in [6.07, 6.45) is 4.82. The van der Waals surface area contributed by atoms with E-state index in [2.05, 4.69) is 55.5 Å². The van der Waals surface area contributed by atoms with Gasteiger partial charge in [-0.05, 0) is 58.7 Å². The molecule has 12 nitrogen and oxygen atoms in total. The summed E-state index contributed by atoms with van der Waals surface area (Å²) in [5.41, 5.74) is 9.55. The van der Waals surface area contributed by atoms with Gasteiger partial charge in [0.2, 0.25) is 0 Å². The fraction of sp³-hybridized carbons (Fsp3) is 0.176. The van der Waals surface area contributed by atoms with E-state index in [0.717, 1.165) is 24.0 Å². The van der Waals surface area contributed by atoms with Crippen LogP contribution in [0.25, 0.3) is 0 Å². The van der Waals surface area contributed by atoms with E-state index >= 15 is 0 Å². The maximum atomic E-state index is 6.12. The van der Waals surface area contributed by atoms with Crippen LogP contribution in [0.15, 0.2) is 107 Å². The van der Waals surface area contributed by atoms with Gasteiger partial charge < -0.3 is 24.8 Å².